The summed E-state index contributed by atoms with van der Waals surface area (Å²) < 4.78 is 0. The first-order chi connectivity index (χ1) is 8.63. The average Bonchev–Trinajstić information content (AvgIpc) is 2.35. The van der Waals surface area contributed by atoms with E-state index >= 15 is 0 Å². The SMILES string of the molecule is C#CCCCCC(=O)NC1CCCC(C(=O)O)C1. The first-order valence-electron chi connectivity index (χ1n) is 6.59. The van der Waals surface area contributed by atoms with E-state index in [4.69, 9.17) is 11.5 Å². The first-order valence-corrected chi connectivity index (χ1v) is 6.59. The van der Waals surface area contributed by atoms with Gasteiger partial charge in [-0.15, -0.1) is 12.3 Å². The van der Waals surface area contributed by atoms with Gasteiger partial charge in [0.15, 0.2) is 0 Å². The fourth-order valence-electron chi connectivity index (χ4n) is 2.36. The van der Waals surface area contributed by atoms with Gasteiger partial charge in [0.25, 0.3) is 0 Å². The van der Waals surface area contributed by atoms with E-state index in [1.807, 2.05) is 0 Å². The van der Waals surface area contributed by atoms with Crippen molar-refractivity contribution in [1.29, 1.82) is 0 Å². The van der Waals surface area contributed by atoms with Crippen molar-refractivity contribution in [2.75, 3.05) is 0 Å². The molecule has 0 saturated heterocycles. The highest BCUT2D eigenvalue weighted by atomic mass is 16.4. The Morgan fingerprint density at radius 2 is 2.11 bits per heavy atom. The van der Waals surface area contributed by atoms with E-state index < -0.39 is 5.97 Å². The van der Waals surface area contributed by atoms with E-state index in [0.29, 0.717) is 19.3 Å². The second kappa shape index (κ2) is 7.75. The molecule has 0 aromatic heterocycles. The Hall–Kier alpha value is -1.50. The van der Waals surface area contributed by atoms with Gasteiger partial charge in [-0.2, -0.15) is 0 Å². The van der Waals surface area contributed by atoms with Crippen molar-refractivity contribution in [3.05, 3.63) is 0 Å². The molecular formula is C14H21NO3. The fourth-order valence-corrected chi connectivity index (χ4v) is 2.36. The van der Waals surface area contributed by atoms with Crippen LogP contribution in [0.15, 0.2) is 0 Å². The Balaban J connectivity index is 2.23. The molecule has 4 heteroatoms. The number of aliphatic carboxylic acids is 1. The minimum atomic E-state index is -0.747. The van der Waals surface area contributed by atoms with Gasteiger partial charge in [-0.05, 0) is 32.1 Å². The van der Waals surface area contributed by atoms with Crippen LogP contribution >= 0.6 is 0 Å². The van der Waals surface area contributed by atoms with Crippen molar-refractivity contribution in [1.82, 2.24) is 5.32 Å². The number of carbonyl (C=O) groups is 2. The summed E-state index contributed by atoms with van der Waals surface area (Å²) in [6.45, 7) is 0. The van der Waals surface area contributed by atoms with Crippen molar-refractivity contribution in [2.45, 2.75) is 57.4 Å². The van der Waals surface area contributed by atoms with Crippen LogP contribution in [-0.2, 0) is 9.59 Å². The van der Waals surface area contributed by atoms with Gasteiger partial charge in [0.05, 0.1) is 5.92 Å². The molecule has 0 spiro atoms. The number of amides is 1. The average molecular weight is 251 g/mol. The number of unbranched alkanes of at least 4 members (excludes halogenated alkanes) is 2. The van der Waals surface area contributed by atoms with Crippen LogP contribution in [0.3, 0.4) is 0 Å². The molecule has 1 aliphatic rings. The summed E-state index contributed by atoms with van der Waals surface area (Å²) in [5, 5.41) is 11.9. The van der Waals surface area contributed by atoms with Crippen molar-refractivity contribution in [3.63, 3.8) is 0 Å². The standard InChI is InChI=1S/C14H21NO3/c1-2-3-4-5-9-13(16)15-12-8-6-7-11(10-12)14(17)18/h1,11-12H,3-10H2,(H,15,16)(H,17,18). The molecule has 0 aromatic carbocycles. The molecule has 1 saturated carbocycles. The molecule has 2 N–H and O–H groups in total. The van der Waals surface area contributed by atoms with Gasteiger partial charge in [0.1, 0.15) is 0 Å². The summed E-state index contributed by atoms with van der Waals surface area (Å²) in [4.78, 5) is 22.5. The van der Waals surface area contributed by atoms with Crippen LogP contribution in [0.2, 0.25) is 0 Å². The summed E-state index contributed by atoms with van der Waals surface area (Å²) in [5.41, 5.74) is 0. The predicted molar refractivity (Wildman–Crippen MR) is 68.8 cm³/mol. The maximum Gasteiger partial charge on any atom is 0.306 e. The van der Waals surface area contributed by atoms with Crippen LogP contribution in [0, 0.1) is 18.3 Å². The van der Waals surface area contributed by atoms with Gasteiger partial charge >= 0.3 is 5.97 Å². The van der Waals surface area contributed by atoms with Crippen LogP contribution in [0.25, 0.3) is 0 Å². The van der Waals surface area contributed by atoms with Gasteiger partial charge in [-0.1, -0.05) is 6.42 Å². The van der Waals surface area contributed by atoms with Crippen LogP contribution in [0.1, 0.15) is 51.4 Å². The van der Waals surface area contributed by atoms with Crippen LogP contribution in [0.5, 0.6) is 0 Å². The summed E-state index contributed by atoms with van der Waals surface area (Å²) >= 11 is 0. The summed E-state index contributed by atoms with van der Waals surface area (Å²) in [6, 6.07) is 0.0278. The smallest absolute Gasteiger partial charge is 0.306 e. The molecule has 0 radical (unpaired) electrons. The third kappa shape index (κ3) is 5.22. The number of terminal acetylenes is 1. The monoisotopic (exact) mass is 251 g/mol. The maximum atomic E-state index is 11.6. The zero-order chi connectivity index (χ0) is 13.4. The molecule has 2 atom stereocenters. The van der Waals surface area contributed by atoms with E-state index in [1.165, 1.54) is 0 Å². The summed E-state index contributed by atoms with van der Waals surface area (Å²) in [5.74, 6) is 1.51. The number of carbonyl (C=O) groups excluding carboxylic acids is 1. The third-order valence-electron chi connectivity index (χ3n) is 3.36. The highest BCUT2D eigenvalue weighted by Gasteiger charge is 2.27. The quantitative estimate of drug-likeness (QED) is 0.560. The number of rotatable bonds is 6. The molecule has 0 bridgehead atoms. The van der Waals surface area contributed by atoms with E-state index in [-0.39, 0.29) is 17.9 Å². The molecule has 0 aliphatic heterocycles. The van der Waals surface area contributed by atoms with E-state index in [1.54, 1.807) is 0 Å². The van der Waals surface area contributed by atoms with Gasteiger partial charge in [-0.3, -0.25) is 9.59 Å². The predicted octanol–water partition coefficient (Wildman–Crippen LogP) is 1.94. The molecule has 1 amide bonds. The number of hydrogen-bond donors (Lipinski definition) is 2. The highest BCUT2D eigenvalue weighted by Crippen LogP contribution is 2.24. The van der Waals surface area contributed by atoms with E-state index in [9.17, 15) is 9.59 Å². The second-order valence-corrected chi connectivity index (χ2v) is 4.88. The molecule has 1 aliphatic carbocycles. The van der Waals surface area contributed by atoms with Crippen molar-refractivity contribution >= 4 is 11.9 Å². The lowest BCUT2D eigenvalue weighted by atomic mass is 9.86. The number of carboxylic acids is 1. The van der Waals surface area contributed by atoms with Crippen molar-refractivity contribution in [3.8, 4) is 12.3 Å². The van der Waals surface area contributed by atoms with Crippen LogP contribution in [0.4, 0.5) is 0 Å². The Bertz CT molecular complexity index is 332. The lowest BCUT2D eigenvalue weighted by Gasteiger charge is -2.27. The zero-order valence-electron chi connectivity index (χ0n) is 10.7. The normalized spacial score (nSPS) is 23.1. The largest absolute Gasteiger partial charge is 0.481 e. The Morgan fingerprint density at radius 1 is 1.33 bits per heavy atom. The lowest BCUT2D eigenvalue weighted by Crippen LogP contribution is -2.39. The minimum absolute atomic E-state index is 0.0167. The molecule has 1 fully saturated rings. The maximum absolute atomic E-state index is 11.6. The second-order valence-electron chi connectivity index (χ2n) is 4.88. The Morgan fingerprint density at radius 3 is 2.78 bits per heavy atom. The van der Waals surface area contributed by atoms with Crippen molar-refractivity contribution < 1.29 is 14.7 Å². The summed E-state index contributed by atoms with van der Waals surface area (Å²) in [6.07, 6.45) is 11.0. The molecule has 0 aromatic rings. The fraction of sp³-hybridized carbons (Fsp3) is 0.714. The van der Waals surface area contributed by atoms with Crippen LogP contribution in [-0.4, -0.2) is 23.0 Å². The zero-order valence-corrected chi connectivity index (χ0v) is 10.7. The molecule has 0 heterocycles. The van der Waals surface area contributed by atoms with Gasteiger partial charge in [0.2, 0.25) is 5.91 Å². The molecule has 1 rings (SSSR count). The summed E-state index contributed by atoms with van der Waals surface area (Å²) in [7, 11) is 0. The van der Waals surface area contributed by atoms with Gasteiger partial charge in [-0.25, -0.2) is 0 Å². The lowest BCUT2D eigenvalue weighted by molar-refractivity contribution is -0.143. The number of nitrogens with one attached hydrogen (secondary N) is 1. The Labute approximate surface area is 108 Å². The van der Waals surface area contributed by atoms with Gasteiger partial charge < -0.3 is 10.4 Å². The molecule has 100 valence electrons. The first kappa shape index (κ1) is 14.6. The number of hydrogen-bond acceptors (Lipinski definition) is 2. The molecule has 18 heavy (non-hydrogen) atoms. The number of carboxylic acid groups (broad SMARTS) is 1. The molecule has 2 unspecified atom stereocenters. The van der Waals surface area contributed by atoms with Gasteiger partial charge in [0, 0.05) is 18.9 Å². The minimum Gasteiger partial charge on any atom is -0.481 e. The van der Waals surface area contributed by atoms with E-state index in [2.05, 4.69) is 11.2 Å². The molecule has 4 nitrogen and oxygen atoms in total. The molecular weight excluding hydrogens is 230 g/mol. The highest BCUT2D eigenvalue weighted by molar-refractivity contribution is 5.76. The van der Waals surface area contributed by atoms with E-state index in [0.717, 1.165) is 32.1 Å². The topological polar surface area (TPSA) is 66.4 Å². The Kier molecular flexibility index (Phi) is 6.27. The third-order valence-corrected chi connectivity index (χ3v) is 3.36. The van der Waals surface area contributed by atoms with Crippen molar-refractivity contribution in [2.24, 2.45) is 5.92 Å². The van der Waals surface area contributed by atoms with Crippen LogP contribution < -0.4 is 5.32 Å².